The van der Waals surface area contributed by atoms with Crippen LogP contribution in [0.3, 0.4) is 0 Å². The molecule has 0 aliphatic rings. The second-order valence-corrected chi connectivity index (χ2v) is 3.63. The Hall–Kier alpha value is -1.36. The molecule has 1 atom stereocenters. The maximum atomic E-state index is 11.5. The fraction of sp³-hybridized carbons (Fsp3) is 0.636. The zero-order chi connectivity index (χ0) is 11.8. The van der Waals surface area contributed by atoms with Gasteiger partial charge < -0.3 is 15.0 Å². The number of carbonyl (C=O) groups is 1. The monoisotopic (exact) mass is 225 g/mol. The van der Waals surface area contributed by atoms with E-state index in [1.54, 1.807) is 12.4 Å². The molecule has 16 heavy (non-hydrogen) atoms. The lowest BCUT2D eigenvalue weighted by atomic mass is 10.3. The predicted molar refractivity (Wildman–Crippen MR) is 60.9 cm³/mol. The van der Waals surface area contributed by atoms with Crippen LogP contribution >= 0.6 is 0 Å². The molecule has 0 fully saturated rings. The van der Waals surface area contributed by atoms with E-state index in [1.807, 2.05) is 13.8 Å². The number of ether oxygens (including phenoxy) is 1. The van der Waals surface area contributed by atoms with Crippen molar-refractivity contribution in [2.75, 3.05) is 13.2 Å². The number of H-pyrrole nitrogens is 1. The summed E-state index contributed by atoms with van der Waals surface area (Å²) in [5.74, 6) is 0.753. The van der Waals surface area contributed by atoms with Gasteiger partial charge >= 0.3 is 0 Å². The third-order valence-electron chi connectivity index (χ3n) is 2.13. The second-order valence-electron chi connectivity index (χ2n) is 3.63. The normalized spacial score (nSPS) is 12.4. The third-order valence-corrected chi connectivity index (χ3v) is 2.13. The Morgan fingerprint density at radius 3 is 3.06 bits per heavy atom. The minimum absolute atomic E-state index is 0.0139. The van der Waals surface area contributed by atoms with Crippen molar-refractivity contribution >= 4 is 5.91 Å². The van der Waals surface area contributed by atoms with Gasteiger partial charge in [0.2, 0.25) is 5.91 Å². The summed E-state index contributed by atoms with van der Waals surface area (Å²) in [7, 11) is 0. The van der Waals surface area contributed by atoms with Gasteiger partial charge in [-0.2, -0.15) is 0 Å². The summed E-state index contributed by atoms with van der Waals surface area (Å²) in [5, 5.41) is 2.85. The summed E-state index contributed by atoms with van der Waals surface area (Å²) < 4.78 is 5.24. The van der Waals surface area contributed by atoms with E-state index in [2.05, 4.69) is 15.3 Å². The molecule has 0 aromatic carbocycles. The first-order valence-electron chi connectivity index (χ1n) is 5.60. The van der Waals surface area contributed by atoms with E-state index in [4.69, 9.17) is 4.74 Å². The fourth-order valence-corrected chi connectivity index (χ4v) is 1.31. The minimum atomic E-state index is -0.0892. The number of nitrogens with zero attached hydrogens (tertiary/aromatic N) is 1. The molecule has 1 rings (SSSR count). The fourth-order valence-electron chi connectivity index (χ4n) is 1.31. The number of rotatable bonds is 7. The molecule has 1 unspecified atom stereocenters. The number of amides is 1. The average molecular weight is 225 g/mol. The number of aromatic amines is 1. The lowest BCUT2D eigenvalue weighted by molar-refractivity contribution is -0.122. The lowest BCUT2D eigenvalue weighted by Gasteiger charge is -2.11. The molecule has 0 saturated carbocycles. The van der Waals surface area contributed by atoms with Crippen molar-refractivity contribution in [2.24, 2.45) is 0 Å². The van der Waals surface area contributed by atoms with E-state index in [9.17, 15) is 4.79 Å². The quantitative estimate of drug-likeness (QED) is 0.689. The van der Waals surface area contributed by atoms with Crippen LogP contribution in [0.5, 0.6) is 0 Å². The predicted octanol–water partition coefficient (Wildman–Crippen LogP) is 1.40. The van der Waals surface area contributed by atoms with E-state index >= 15 is 0 Å². The summed E-state index contributed by atoms with van der Waals surface area (Å²) in [6.45, 7) is 5.12. The Kier molecular flexibility index (Phi) is 5.56. The van der Waals surface area contributed by atoms with Gasteiger partial charge in [-0.15, -0.1) is 0 Å². The highest BCUT2D eigenvalue weighted by molar-refractivity contribution is 5.76. The van der Waals surface area contributed by atoms with Gasteiger partial charge in [0, 0.05) is 25.4 Å². The molecule has 0 spiro atoms. The highest BCUT2D eigenvalue weighted by Gasteiger charge is 2.10. The molecule has 0 bridgehead atoms. The largest absolute Gasteiger partial charge is 0.381 e. The maximum Gasteiger partial charge on any atom is 0.222 e. The van der Waals surface area contributed by atoms with Gasteiger partial charge in [0.15, 0.2) is 0 Å². The van der Waals surface area contributed by atoms with Crippen molar-refractivity contribution in [2.45, 2.75) is 32.7 Å². The second kappa shape index (κ2) is 7.00. The molecule has 1 aromatic heterocycles. The van der Waals surface area contributed by atoms with Gasteiger partial charge in [0.05, 0.1) is 12.6 Å². The first-order chi connectivity index (χ1) is 7.74. The summed E-state index contributed by atoms with van der Waals surface area (Å²) in [6, 6.07) is -0.0892. The molecule has 5 heteroatoms. The minimum Gasteiger partial charge on any atom is -0.381 e. The van der Waals surface area contributed by atoms with E-state index in [0.29, 0.717) is 19.6 Å². The van der Waals surface area contributed by atoms with Crippen LogP contribution in [-0.2, 0) is 9.53 Å². The molecule has 0 saturated heterocycles. The van der Waals surface area contributed by atoms with Gasteiger partial charge in [-0.05, 0) is 13.3 Å². The van der Waals surface area contributed by atoms with E-state index in [0.717, 1.165) is 12.2 Å². The summed E-state index contributed by atoms with van der Waals surface area (Å²) in [4.78, 5) is 18.5. The van der Waals surface area contributed by atoms with Crippen LogP contribution in [0.15, 0.2) is 12.4 Å². The lowest BCUT2D eigenvalue weighted by Crippen LogP contribution is -2.28. The number of nitrogens with one attached hydrogen (secondary N) is 2. The van der Waals surface area contributed by atoms with Crippen LogP contribution in [0, 0.1) is 0 Å². The SMILES string of the molecule is CCCOCCC(=O)NC(C)c1ncc[nH]1. The van der Waals surface area contributed by atoms with Crippen molar-refractivity contribution in [1.29, 1.82) is 0 Å². The Balaban J connectivity index is 2.19. The number of hydrogen-bond acceptors (Lipinski definition) is 3. The highest BCUT2D eigenvalue weighted by Crippen LogP contribution is 2.05. The van der Waals surface area contributed by atoms with Crippen molar-refractivity contribution in [3.05, 3.63) is 18.2 Å². The smallest absolute Gasteiger partial charge is 0.222 e. The summed E-state index contributed by atoms with van der Waals surface area (Å²) in [6.07, 6.45) is 4.78. The Morgan fingerprint density at radius 2 is 2.44 bits per heavy atom. The number of imidazole rings is 1. The average Bonchev–Trinajstić information content (AvgIpc) is 2.77. The maximum absolute atomic E-state index is 11.5. The van der Waals surface area contributed by atoms with E-state index in [1.165, 1.54) is 0 Å². The van der Waals surface area contributed by atoms with Gasteiger partial charge in [0.25, 0.3) is 0 Å². The standard InChI is InChI=1S/C11H19N3O2/c1-3-7-16-8-4-10(15)14-9(2)11-12-5-6-13-11/h5-6,9H,3-4,7-8H2,1-2H3,(H,12,13)(H,14,15). The molecular formula is C11H19N3O2. The van der Waals surface area contributed by atoms with Crippen molar-refractivity contribution in [3.63, 3.8) is 0 Å². The number of carbonyl (C=O) groups excluding carboxylic acids is 1. The van der Waals surface area contributed by atoms with Crippen molar-refractivity contribution < 1.29 is 9.53 Å². The molecule has 90 valence electrons. The van der Waals surface area contributed by atoms with Gasteiger partial charge in [-0.3, -0.25) is 4.79 Å². The van der Waals surface area contributed by atoms with Gasteiger partial charge in [-0.1, -0.05) is 6.92 Å². The zero-order valence-electron chi connectivity index (χ0n) is 9.82. The Morgan fingerprint density at radius 1 is 1.62 bits per heavy atom. The molecule has 1 amide bonds. The molecule has 0 aliphatic carbocycles. The first kappa shape index (κ1) is 12.7. The van der Waals surface area contributed by atoms with Crippen LogP contribution in [-0.4, -0.2) is 29.1 Å². The van der Waals surface area contributed by atoms with Crippen molar-refractivity contribution in [1.82, 2.24) is 15.3 Å². The summed E-state index contributed by atoms with van der Waals surface area (Å²) >= 11 is 0. The summed E-state index contributed by atoms with van der Waals surface area (Å²) in [5.41, 5.74) is 0. The van der Waals surface area contributed by atoms with E-state index in [-0.39, 0.29) is 11.9 Å². The molecule has 1 aromatic rings. The molecule has 1 heterocycles. The molecule has 2 N–H and O–H groups in total. The molecular weight excluding hydrogens is 206 g/mol. The van der Waals surface area contributed by atoms with Crippen LogP contribution in [0.1, 0.15) is 38.6 Å². The molecule has 5 nitrogen and oxygen atoms in total. The topological polar surface area (TPSA) is 67.0 Å². The Labute approximate surface area is 95.6 Å². The van der Waals surface area contributed by atoms with Crippen LogP contribution in [0.25, 0.3) is 0 Å². The number of aromatic nitrogens is 2. The highest BCUT2D eigenvalue weighted by atomic mass is 16.5. The van der Waals surface area contributed by atoms with Crippen LogP contribution < -0.4 is 5.32 Å². The Bertz CT molecular complexity index is 298. The van der Waals surface area contributed by atoms with Gasteiger partial charge in [0.1, 0.15) is 5.82 Å². The van der Waals surface area contributed by atoms with E-state index < -0.39 is 0 Å². The first-order valence-corrected chi connectivity index (χ1v) is 5.60. The number of hydrogen-bond donors (Lipinski definition) is 2. The molecule has 0 radical (unpaired) electrons. The van der Waals surface area contributed by atoms with Gasteiger partial charge in [-0.25, -0.2) is 4.98 Å². The molecule has 0 aliphatic heterocycles. The van der Waals surface area contributed by atoms with Crippen LogP contribution in [0.2, 0.25) is 0 Å². The third kappa shape index (κ3) is 4.44. The van der Waals surface area contributed by atoms with Crippen molar-refractivity contribution in [3.8, 4) is 0 Å². The van der Waals surface area contributed by atoms with Crippen LogP contribution in [0.4, 0.5) is 0 Å². The zero-order valence-corrected chi connectivity index (χ0v) is 9.82.